The molecule has 3 rings (SSSR count). The Balaban J connectivity index is 2.04. The third-order valence-electron chi connectivity index (χ3n) is 3.55. The van der Waals surface area contributed by atoms with Gasteiger partial charge in [-0.2, -0.15) is 0 Å². The van der Waals surface area contributed by atoms with Crippen molar-refractivity contribution in [3.05, 3.63) is 53.3 Å². The fourth-order valence-electron chi connectivity index (χ4n) is 2.56. The zero-order valence-electron chi connectivity index (χ0n) is 10.8. The van der Waals surface area contributed by atoms with Gasteiger partial charge in [-0.1, -0.05) is 6.07 Å². The van der Waals surface area contributed by atoms with Crippen LogP contribution in [-0.2, 0) is 6.42 Å². The number of primary amides is 1. The van der Waals surface area contributed by atoms with Gasteiger partial charge in [-0.3, -0.25) is 4.79 Å². The van der Waals surface area contributed by atoms with Crippen molar-refractivity contribution in [3.8, 4) is 0 Å². The van der Waals surface area contributed by atoms with Crippen LogP contribution >= 0.6 is 0 Å². The first kappa shape index (κ1) is 12.5. The molecule has 1 aliphatic rings. The van der Waals surface area contributed by atoms with Crippen molar-refractivity contribution < 1.29 is 9.18 Å². The Morgan fingerprint density at radius 3 is 2.65 bits per heavy atom. The average molecular weight is 271 g/mol. The number of benzene rings is 2. The summed E-state index contributed by atoms with van der Waals surface area (Å²) in [5.41, 5.74) is 14.7. The van der Waals surface area contributed by atoms with E-state index < -0.39 is 5.91 Å². The maximum Gasteiger partial charge on any atom is 0.248 e. The molecule has 102 valence electrons. The van der Waals surface area contributed by atoms with Crippen molar-refractivity contribution >= 4 is 23.0 Å². The Morgan fingerprint density at radius 1 is 1.15 bits per heavy atom. The monoisotopic (exact) mass is 271 g/mol. The molecule has 0 radical (unpaired) electrons. The topological polar surface area (TPSA) is 72.4 Å². The van der Waals surface area contributed by atoms with Gasteiger partial charge in [0.05, 0.1) is 11.4 Å². The summed E-state index contributed by atoms with van der Waals surface area (Å²) in [5.74, 6) is -0.793. The SMILES string of the molecule is NC(=O)c1ccc(N2CCc3ccc(F)cc32)c(N)c1. The minimum absolute atomic E-state index is 0.275. The van der Waals surface area contributed by atoms with Gasteiger partial charge >= 0.3 is 0 Å². The molecule has 0 spiro atoms. The molecule has 4 N–H and O–H groups in total. The number of nitrogens with two attached hydrogens (primary N) is 2. The molecule has 0 aliphatic carbocycles. The molecule has 0 saturated heterocycles. The van der Waals surface area contributed by atoms with Gasteiger partial charge in [0, 0.05) is 17.8 Å². The Bertz CT molecular complexity index is 700. The lowest BCUT2D eigenvalue weighted by atomic mass is 10.1. The minimum Gasteiger partial charge on any atom is -0.397 e. The predicted octanol–water partition coefficient (Wildman–Crippen LogP) is 2.20. The van der Waals surface area contributed by atoms with Crippen LogP contribution in [0, 0.1) is 5.82 Å². The quantitative estimate of drug-likeness (QED) is 0.822. The van der Waals surface area contributed by atoms with Crippen molar-refractivity contribution in [2.45, 2.75) is 6.42 Å². The third kappa shape index (κ3) is 1.97. The second kappa shape index (κ2) is 4.52. The molecular formula is C15H14FN3O. The normalized spacial score (nSPS) is 13.3. The second-order valence-electron chi connectivity index (χ2n) is 4.81. The molecule has 0 unspecified atom stereocenters. The summed E-state index contributed by atoms with van der Waals surface area (Å²) < 4.78 is 13.4. The van der Waals surface area contributed by atoms with Crippen LogP contribution in [0.25, 0.3) is 0 Å². The molecule has 4 nitrogen and oxygen atoms in total. The molecule has 1 aliphatic heterocycles. The summed E-state index contributed by atoms with van der Waals surface area (Å²) >= 11 is 0. The number of carbonyl (C=O) groups excluding carboxylic acids is 1. The molecule has 0 aromatic heterocycles. The molecule has 0 saturated carbocycles. The molecule has 1 amide bonds. The zero-order valence-corrected chi connectivity index (χ0v) is 10.8. The molecule has 1 heterocycles. The van der Waals surface area contributed by atoms with Gasteiger partial charge in [0.15, 0.2) is 0 Å². The summed E-state index contributed by atoms with van der Waals surface area (Å²) in [4.78, 5) is 13.1. The Morgan fingerprint density at radius 2 is 1.95 bits per heavy atom. The number of nitrogens with zero attached hydrogens (tertiary/aromatic N) is 1. The first-order chi connectivity index (χ1) is 9.56. The number of halogens is 1. The van der Waals surface area contributed by atoms with Crippen molar-refractivity contribution in [2.24, 2.45) is 5.73 Å². The number of hydrogen-bond acceptors (Lipinski definition) is 3. The first-order valence-electron chi connectivity index (χ1n) is 6.31. The van der Waals surface area contributed by atoms with E-state index in [1.165, 1.54) is 12.1 Å². The molecule has 0 bridgehead atoms. The number of nitrogen functional groups attached to an aromatic ring is 1. The van der Waals surface area contributed by atoms with Gasteiger partial charge < -0.3 is 16.4 Å². The fourth-order valence-corrected chi connectivity index (χ4v) is 2.56. The van der Waals surface area contributed by atoms with Crippen molar-refractivity contribution in [3.63, 3.8) is 0 Å². The fraction of sp³-hybridized carbons (Fsp3) is 0.133. The van der Waals surface area contributed by atoms with E-state index in [0.717, 1.165) is 29.9 Å². The largest absolute Gasteiger partial charge is 0.397 e. The van der Waals surface area contributed by atoms with E-state index in [1.54, 1.807) is 24.3 Å². The molecule has 0 atom stereocenters. The number of hydrogen-bond donors (Lipinski definition) is 2. The predicted molar refractivity (Wildman–Crippen MR) is 76.5 cm³/mol. The number of amides is 1. The highest BCUT2D eigenvalue weighted by Gasteiger charge is 2.22. The number of carbonyl (C=O) groups is 1. The van der Waals surface area contributed by atoms with E-state index in [-0.39, 0.29) is 5.82 Å². The smallest absolute Gasteiger partial charge is 0.248 e. The lowest BCUT2D eigenvalue weighted by molar-refractivity contribution is 0.100. The maximum absolute atomic E-state index is 13.4. The molecule has 20 heavy (non-hydrogen) atoms. The van der Waals surface area contributed by atoms with Crippen LogP contribution in [0.4, 0.5) is 21.5 Å². The summed E-state index contributed by atoms with van der Waals surface area (Å²) in [5, 5.41) is 0. The summed E-state index contributed by atoms with van der Waals surface area (Å²) in [6.45, 7) is 0.735. The average Bonchev–Trinajstić information content (AvgIpc) is 2.81. The Labute approximate surface area is 115 Å². The van der Waals surface area contributed by atoms with Crippen molar-refractivity contribution in [1.82, 2.24) is 0 Å². The third-order valence-corrected chi connectivity index (χ3v) is 3.55. The van der Waals surface area contributed by atoms with Crippen LogP contribution in [0.15, 0.2) is 36.4 Å². The highest BCUT2D eigenvalue weighted by atomic mass is 19.1. The highest BCUT2D eigenvalue weighted by Crippen LogP contribution is 2.37. The number of anilines is 3. The van der Waals surface area contributed by atoms with Gasteiger partial charge in [0.2, 0.25) is 5.91 Å². The lowest BCUT2D eigenvalue weighted by Gasteiger charge is -2.21. The molecule has 5 heteroatoms. The van der Waals surface area contributed by atoms with Gasteiger partial charge in [0.1, 0.15) is 5.82 Å². The Kier molecular flexibility index (Phi) is 2.82. The van der Waals surface area contributed by atoms with Crippen LogP contribution in [0.2, 0.25) is 0 Å². The van der Waals surface area contributed by atoms with Crippen LogP contribution in [0.5, 0.6) is 0 Å². The van der Waals surface area contributed by atoms with E-state index in [1.807, 2.05) is 4.90 Å². The summed E-state index contributed by atoms with van der Waals surface area (Å²) in [7, 11) is 0. The molecular weight excluding hydrogens is 257 g/mol. The lowest BCUT2D eigenvalue weighted by Crippen LogP contribution is -2.17. The molecule has 2 aromatic rings. The standard InChI is InChI=1S/C15H14FN3O/c16-11-3-1-9-5-6-19(14(9)8-11)13-4-2-10(15(18)20)7-12(13)17/h1-4,7-8H,5-6,17H2,(H2,18,20). The van der Waals surface area contributed by atoms with E-state index in [2.05, 4.69) is 0 Å². The van der Waals surface area contributed by atoms with E-state index in [9.17, 15) is 9.18 Å². The van der Waals surface area contributed by atoms with Crippen LogP contribution in [0.1, 0.15) is 15.9 Å². The van der Waals surface area contributed by atoms with Crippen LogP contribution in [-0.4, -0.2) is 12.5 Å². The zero-order chi connectivity index (χ0) is 14.3. The van der Waals surface area contributed by atoms with E-state index in [4.69, 9.17) is 11.5 Å². The van der Waals surface area contributed by atoms with Gasteiger partial charge in [-0.05, 0) is 42.3 Å². The summed E-state index contributed by atoms with van der Waals surface area (Å²) in [6.07, 6.45) is 0.840. The van der Waals surface area contributed by atoms with Gasteiger partial charge in [-0.25, -0.2) is 4.39 Å². The summed E-state index contributed by atoms with van der Waals surface area (Å²) in [6, 6.07) is 9.68. The Hall–Kier alpha value is -2.56. The van der Waals surface area contributed by atoms with E-state index >= 15 is 0 Å². The molecule has 0 fully saturated rings. The van der Waals surface area contributed by atoms with Crippen LogP contribution in [0.3, 0.4) is 0 Å². The van der Waals surface area contributed by atoms with Gasteiger partial charge in [0.25, 0.3) is 0 Å². The highest BCUT2D eigenvalue weighted by molar-refractivity contribution is 5.95. The molecule has 2 aromatic carbocycles. The van der Waals surface area contributed by atoms with E-state index in [0.29, 0.717) is 11.3 Å². The minimum atomic E-state index is -0.517. The maximum atomic E-state index is 13.4. The second-order valence-corrected chi connectivity index (χ2v) is 4.81. The van der Waals surface area contributed by atoms with Crippen LogP contribution < -0.4 is 16.4 Å². The first-order valence-corrected chi connectivity index (χ1v) is 6.31. The number of fused-ring (bicyclic) bond motifs is 1. The van der Waals surface area contributed by atoms with Crippen molar-refractivity contribution in [2.75, 3.05) is 17.2 Å². The number of rotatable bonds is 2. The van der Waals surface area contributed by atoms with Gasteiger partial charge in [-0.15, -0.1) is 0 Å². The van der Waals surface area contributed by atoms with Crippen molar-refractivity contribution in [1.29, 1.82) is 0 Å².